The van der Waals surface area contributed by atoms with Crippen molar-refractivity contribution in [2.75, 3.05) is 37.7 Å². The molecule has 1 amide bonds. The second-order valence-electron chi connectivity index (χ2n) is 7.50. The lowest BCUT2D eigenvalue weighted by Gasteiger charge is -2.35. The number of carbonyl (C=O) groups excluding carboxylic acids is 1. The van der Waals surface area contributed by atoms with Crippen molar-refractivity contribution >= 4 is 11.8 Å². The highest BCUT2D eigenvalue weighted by Gasteiger charge is 2.22. The van der Waals surface area contributed by atoms with Gasteiger partial charge in [0.05, 0.1) is 18.3 Å². The second kappa shape index (κ2) is 9.07. The van der Waals surface area contributed by atoms with Gasteiger partial charge in [-0.1, -0.05) is 30.3 Å². The Balaban J connectivity index is 1.45. The fourth-order valence-corrected chi connectivity index (χ4v) is 3.82. The summed E-state index contributed by atoms with van der Waals surface area (Å²) >= 11 is 0. The van der Waals surface area contributed by atoms with Crippen molar-refractivity contribution in [2.45, 2.75) is 19.9 Å². The third kappa shape index (κ3) is 4.33. The van der Waals surface area contributed by atoms with Crippen LogP contribution in [-0.2, 0) is 4.74 Å². The van der Waals surface area contributed by atoms with Crippen molar-refractivity contribution in [3.63, 3.8) is 0 Å². The first-order chi connectivity index (χ1) is 15.1. The van der Waals surface area contributed by atoms with Crippen LogP contribution in [0.4, 0.5) is 10.5 Å². The molecule has 3 aromatic rings. The molecule has 1 fully saturated rings. The Kier molecular flexibility index (Phi) is 6.06. The third-order valence-electron chi connectivity index (χ3n) is 5.64. The summed E-state index contributed by atoms with van der Waals surface area (Å²) in [5.41, 5.74) is 2.69. The summed E-state index contributed by atoms with van der Waals surface area (Å²) in [6, 6.07) is 17.6. The van der Waals surface area contributed by atoms with E-state index in [9.17, 15) is 9.59 Å². The fourth-order valence-electron chi connectivity index (χ4n) is 3.82. The van der Waals surface area contributed by atoms with E-state index in [-0.39, 0.29) is 17.8 Å². The van der Waals surface area contributed by atoms with Gasteiger partial charge in [0.15, 0.2) is 0 Å². The van der Waals surface area contributed by atoms with Gasteiger partial charge in [0.25, 0.3) is 0 Å². The van der Waals surface area contributed by atoms with E-state index >= 15 is 0 Å². The topological polar surface area (TPSA) is 72.6 Å². The van der Waals surface area contributed by atoms with Gasteiger partial charge in [0, 0.05) is 31.9 Å². The molecular weight excluding hydrogens is 394 g/mol. The Morgan fingerprint density at radius 3 is 2.29 bits per heavy atom. The van der Waals surface area contributed by atoms with Gasteiger partial charge >= 0.3 is 11.8 Å². The highest BCUT2D eigenvalue weighted by molar-refractivity contribution is 5.68. The maximum Gasteiger partial charge on any atom is 0.409 e. The summed E-state index contributed by atoms with van der Waals surface area (Å²) in [5.74, 6) is 0. The highest BCUT2D eigenvalue weighted by Crippen LogP contribution is 2.20. The normalized spacial score (nSPS) is 15.0. The lowest BCUT2D eigenvalue weighted by Crippen LogP contribution is -2.49. The average Bonchev–Trinajstić information content (AvgIpc) is 3.20. The van der Waals surface area contributed by atoms with Gasteiger partial charge in [-0.05, 0) is 43.7 Å². The summed E-state index contributed by atoms with van der Waals surface area (Å²) in [5, 5.41) is 4.33. The molecule has 4 rings (SSSR count). The summed E-state index contributed by atoms with van der Waals surface area (Å²) in [6.07, 6.45) is 1.31. The Bertz CT molecular complexity index is 1070. The van der Waals surface area contributed by atoms with E-state index in [1.165, 1.54) is 4.68 Å². The number of amides is 1. The average molecular weight is 422 g/mol. The second-order valence-corrected chi connectivity index (χ2v) is 7.50. The van der Waals surface area contributed by atoms with Crippen LogP contribution in [0.2, 0.25) is 0 Å². The molecule has 31 heavy (non-hydrogen) atoms. The van der Waals surface area contributed by atoms with E-state index in [4.69, 9.17) is 4.74 Å². The molecule has 1 aliphatic heterocycles. The fraction of sp³-hybridized carbons (Fsp3) is 0.348. The van der Waals surface area contributed by atoms with Crippen molar-refractivity contribution in [1.82, 2.24) is 19.2 Å². The Hall–Kier alpha value is -3.55. The zero-order valence-corrected chi connectivity index (χ0v) is 17.8. The molecule has 8 heteroatoms. The number of nitrogens with zero attached hydrogens (tertiary/aromatic N) is 5. The molecule has 8 nitrogen and oxygen atoms in total. The molecule has 162 valence electrons. The molecule has 0 radical (unpaired) electrons. The molecule has 0 saturated carbocycles. The summed E-state index contributed by atoms with van der Waals surface area (Å²) in [7, 11) is 0. The van der Waals surface area contributed by atoms with Crippen LogP contribution in [0.15, 0.2) is 65.7 Å². The number of aromatic nitrogens is 3. The van der Waals surface area contributed by atoms with Crippen LogP contribution in [0.3, 0.4) is 0 Å². The highest BCUT2D eigenvalue weighted by atomic mass is 16.6. The number of carbonyl (C=O) groups is 1. The van der Waals surface area contributed by atoms with Gasteiger partial charge < -0.3 is 14.5 Å². The minimum Gasteiger partial charge on any atom is -0.450 e. The molecule has 1 aromatic heterocycles. The first-order valence-electron chi connectivity index (χ1n) is 10.6. The number of piperazine rings is 1. The summed E-state index contributed by atoms with van der Waals surface area (Å²) in [4.78, 5) is 28.7. The number of hydrogen-bond donors (Lipinski definition) is 0. The molecule has 1 saturated heterocycles. The van der Waals surface area contributed by atoms with Crippen LogP contribution in [-0.4, -0.2) is 58.1 Å². The Morgan fingerprint density at radius 2 is 1.65 bits per heavy atom. The van der Waals surface area contributed by atoms with Gasteiger partial charge in [0.1, 0.15) is 6.33 Å². The number of hydrogen-bond acceptors (Lipinski definition) is 5. The number of anilines is 1. The number of rotatable bonds is 5. The lowest BCUT2D eigenvalue weighted by atomic mass is 10.1. The van der Waals surface area contributed by atoms with Crippen LogP contribution in [0, 0.1) is 0 Å². The zero-order valence-electron chi connectivity index (χ0n) is 17.8. The van der Waals surface area contributed by atoms with Crippen molar-refractivity contribution in [1.29, 1.82) is 0 Å². The van der Waals surface area contributed by atoms with Crippen LogP contribution < -0.4 is 10.6 Å². The van der Waals surface area contributed by atoms with Gasteiger partial charge in [-0.15, -0.1) is 0 Å². The molecule has 0 aliphatic carbocycles. The molecule has 2 aromatic carbocycles. The van der Waals surface area contributed by atoms with Gasteiger partial charge in [0.2, 0.25) is 0 Å². The van der Waals surface area contributed by atoms with E-state index in [1.54, 1.807) is 15.8 Å². The Labute approximate surface area is 181 Å². The van der Waals surface area contributed by atoms with Crippen molar-refractivity contribution < 1.29 is 9.53 Å². The molecule has 1 atom stereocenters. The smallest absolute Gasteiger partial charge is 0.409 e. The minimum absolute atomic E-state index is 0.148. The molecule has 1 aliphatic rings. The quantitative estimate of drug-likeness (QED) is 0.633. The molecule has 0 spiro atoms. The lowest BCUT2D eigenvalue weighted by molar-refractivity contribution is 0.105. The van der Waals surface area contributed by atoms with Gasteiger partial charge in [-0.25, -0.2) is 18.8 Å². The number of benzene rings is 2. The van der Waals surface area contributed by atoms with Crippen LogP contribution >= 0.6 is 0 Å². The van der Waals surface area contributed by atoms with Crippen LogP contribution in [0.5, 0.6) is 0 Å². The molecule has 2 heterocycles. The number of ether oxygens (including phenoxy) is 1. The van der Waals surface area contributed by atoms with Crippen molar-refractivity contribution in [3.8, 4) is 5.69 Å². The van der Waals surface area contributed by atoms with Gasteiger partial charge in [-0.2, -0.15) is 5.10 Å². The van der Waals surface area contributed by atoms with Crippen molar-refractivity contribution in [2.24, 2.45) is 0 Å². The molecular formula is C23H27N5O3. The summed E-state index contributed by atoms with van der Waals surface area (Å²) < 4.78 is 8.13. The first kappa shape index (κ1) is 20.7. The summed E-state index contributed by atoms with van der Waals surface area (Å²) in [6.45, 7) is 6.91. The molecule has 0 N–H and O–H groups in total. The molecule has 1 unspecified atom stereocenters. The predicted molar refractivity (Wildman–Crippen MR) is 119 cm³/mol. The maximum atomic E-state index is 12.9. The van der Waals surface area contributed by atoms with E-state index in [2.05, 4.69) is 10.00 Å². The molecule has 0 bridgehead atoms. The minimum atomic E-state index is -0.251. The largest absolute Gasteiger partial charge is 0.450 e. The SMILES string of the molecule is CCOC(=O)N1CCN(c2ccc(-n3cnn(C(C)c4ccccc4)c3=O)cc2)CC1. The van der Waals surface area contributed by atoms with Crippen LogP contribution in [0.1, 0.15) is 25.5 Å². The standard InChI is InChI=1S/C23H27N5O3/c1-3-31-23(30)26-15-13-25(14-16-26)20-9-11-21(12-10-20)27-17-24-28(22(27)29)18(2)19-7-5-4-6-8-19/h4-12,17-18H,3,13-16H2,1-2H3. The monoisotopic (exact) mass is 421 g/mol. The van der Waals surface area contributed by atoms with E-state index in [0.29, 0.717) is 19.7 Å². The first-order valence-corrected chi connectivity index (χ1v) is 10.6. The van der Waals surface area contributed by atoms with E-state index in [1.807, 2.05) is 68.4 Å². The van der Waals surface area contributed by atoms with E-state index < -0.39 is 0 Å². The van der Waals surface area contributed by atoms with Crippen LogP contribution in [0.25, 0.3) is 5.69 Å². The van der Waals surface area contributed by atoms with E-state index in [0.717, 1.165) is 30.0 Å². The van der Waals surface area contributed by atoms with Crippen molar-refractivity contribution in [3.05, 3.63) is 77.0 Å². The zero-order chi connectivity index (χ0) is 21.8. The maximum absolute atomic E-state index is 12.9. The predicted octanol–water partition coefficient (Wildman–Crippen LogP) is 2.92. The van der Waals surface area contributed by atoms with Gasteiger partial charge in [-0.3, -0.25) is 0 Å². The Morgan fingerprint density at radius 1 is 1.00 bits per heavy atom. The third-order valence-corrected chi connectivity index (χ3v) is 5.64.